The van der Waals surface area contributed by atoms with Gasteiger partial charge in [0.2, 0.25) is 0 Å². The molecule has 1 fully saturated rings. The van der Waals surface area contributed by atoms with Crippen LogP contribution >= 0.6 is 0 Å². The van der Waals surface area contributed by atoms with Gasteiger partial charge in [0.05, 0.1) is 6.61 Å². The number of benzene rings is 1. The summed E-state index contributed by atoms with van der Waals surface area (Å²) in [7, 11) is 1.94. The summed E-state index contributed by atoms with van der Waals surface area (Å²) in [5, 5.41) is 12.9. The third kappa shape index (κ3) is 3.32. The lowest BCUT2D eigenvalue weighted by molar-refractivity contribution is 0.370. The average Bonchev–Trinajstić information content (AvgIpc) is 3.05. The normalized spacial score (nSPS) is 23.2. The fraction of sp³-hybridized carbons (Fsp3) is 0.429. The maximum atomic E-state index is 9.77. The molecule has 1 heterocycles. The summed E-state index contributed by atoms with van der Waals surface area (Å²) in [4.78, 5) is 0. The molecule has 1 saturated heterocycles. The second-order valence-electron chi connectivity index (χ2n) is 4.68. The van der Waals surface area contributed by atoms with E-state index in [1.165, 1.54) is 5.56 Å². The molecule has 1 atom stereocenters. The van der Waals surface area contributed by atoms with Gasteiger partial charge in [0.25, 0.3) is 0 Å². The van der Waals surface area contributed by atoms with E-state index in [9.17, 15) is 5.11 Å². The molecule has 2 N–H and O–H groups in total. The number of phenols is 1. The zero-order valence-electron chi connectivity index (χ0n) is 10.4. The van der Waals surface area contributed by atoms with Crippen LogP contribution in [0.15, 0.2) is 24.3 Å². The minimum absolute atomic E-state index is 0.118. The van der Waals surface area contributed by atoms with Gasteiger partial charge in [0.1, 0.15) is 11.4 Å². The molecule has 0 saturated carbocycles. The van der Waals surface area contributed by atoms with E-state index in [0.717, 1.165) is 25.1 Å². The summed E-state index contributed by atoms with van der Waals surface area (Å²) in [5.41, 5.74) is 1.96. The van der Waals surface area contributed by atoms with Gasteiger partial charge in [-0.25, -0.2) is 0 Å². The predicted octanol–water partition coefficient (Wildman–Crippen LogP) is 1.96. The van der Waals surface area contributed by atoms with E-state index in [1.807, 2.05) is 38.3 Å². The topological polar surface area (TPSA) is 44.8 Å². The van der Waals surface area contributed by atoms with Gasteiger partial charge in [-0.05, 0) is 44.6 Å². The van der Waals surface area contributed by atoms with Crippen LogP contribution in [-0.4, -0.2) is 30.9 Å². The molecule has 3 nitrogen and oxygen atoms in total. The van der Waals surface area contributed by atoms with E-state index in [1.54, 1.807) is 6.07 Å². The van der Waals surface area contributed by atoms with Crippen LogP contribution in [0.3, 0.4) is 0 Å². The van der Waals surface area contributed by atoms with Crippen molar-refractivity contribution in [2.45, 2.75) is 18.9 Å². The highest BCUT2D eigenvalue weighted by Crippen LogP contribution is 2.29. The first-order chi connectivity index (χ1) is 8.13. The Morgan fingerprint density at radius 1 is 1.53 bits per heavy atom. The standard InChI is InChI=1S/C14H19NO2/c1-14(10-17-14)7-5-12-9-11(6-8-15-2)3-4-13(12)16/h3-5,7,9,15-16H,6,8,10H2,1-2H3/b7-5-/t14-/m1/s1. The second-order valence-corrected chi connectivity index (χ2v) is 4.68. The third-order valence-corrected chi connectivity index (χ3v) is 2.97. The van der Waals surface area contributed by atoms with Crippen LogP contribution in [0, 0.1) is 0 Å². The molecule has 1 aromatic rings. The predicted molar refractivity (Wildman–Crippen MR) is 69.1 cm³/mol. The first-order valence-corrected chi connectivity index (χ1v) is 5.93. The summed E-state index contributed by atoms with van der Waals surface area (Å²) >= 11 is 0. The number of nitrogens with one attached hydrogen (secondary N) is 1. The highest BCUT2D eigenvalue weighted by atomic mass is 16.6. The monoisotopic (exact) mass is 233 g/mol. The number of epoxide rings is 1. The maximum absolute atomic E-state index is 9.77. The van der Waals surface area contributed by atoms with E-state index < -0.39 is 0 Å². The Hall–Kier alpha value is -1.32. The van der Waals surface area contributed by atoms with Crippen LogP contribution in [-0.2, 0) is 11.2 Å². The van der Waals surface area contributed by atoms with Gasteiger partial charge in [0, 0.05) is 5.56 Å². The van der Waals surface area contributed by atoms with E-state index in [4.69, 9.17) is 4.74 Å². The zero-order valence-corrected chi connectivity index (χ0v) is 10.4. The van der Waals surface area contributed by atoms with E-state index in [2.05, 4.69) is 5.32 Å². The lowest BCUT2D eigenvalue weighted by Crippen LogP contribution is -2.10. The molecule has 0 bridgehead atoms. The van der Waals surface area contributed by atoms with Crippen molar-refractivity contribution < 1.29 is 9.84 Å². The molecule has 17 heavy (non-hydrogen) atoms. The minimum atomic E-state index is -0.118. The Morgan fingerprint density at radius 3 is 2.94 bits per heavy atom. The van der Waals surface area contributed by atoms with Gasteiger partial charge < -0.3 is 15.2 Å². The van der Waals surface area contributed by atoms with Crippen molar-refractivity contribution in [1.82, 2.24) is 5.32 Å². The zero-order chi connectivity index (χ0) is 12.3. The van der Waals surface area contributed by atoms with Crippen molar-refractivity contribution in [2.75, 3.05) is 20.2 Å². The van der Waals surface area contributed by atoms with Crippen LogP contribution in [0.4, 0.5) is 0 Å². The van der Waals surface area contributed by atoms with Crippen molar-refractivity contribution >= 4 is 6.08 Å². The molecule has 0 radical (unpaired) electrons. The molecule has 1 aliphatic heterocycles. The Balaban J connectivity index is 2.11. The Labute approximate surface area is 102 Å². The molecule has 3 heteroatoms. The fourth-order valence-electron chi connectivity index (χ4n) is 1.64. The number of likely N-dealkylation sites (N-methyl/N-ethyl adjacent to an activating group) is 1. The number of hydrogen-bond donors (Lipinski definition) is 2. The van der Waals surface area contributed by atoms with Crippen LogP contribution in [0.25, 0.3) is 6.08 Å². The summed E-state index contributed by atoms with van der Waals surface area (Å²) in [6.45, 7) is 3.74. The summed E-state index contributed by atoms with van der Waals surface area (Å²) in [5.74, 6) is 0.318. The fourth-order valence-corrected chi connectivity index (χ4v) is 1.64. The van der Waals surface area contributed by atoms with Crippen LogP contribution in [0.5, 0.6) is 5.75 Å². The van der Waals surface area contributed by atoms with Crippen LogP contribution in [0.2, 0.25) is 0 Å². The van der Waals surface area contributed by atoms with Gasteiger partial charge in [-0.3, -0.25) is 0 Å². The highest BCUT2D eigenvalue weighted by Gasteiger charge is 2.35. The third-order valence-electron chi connectivity index (χ3n) is 2.97. The lowest BCUT2D eigenvalue weighted by Gasteiger charge is -2.05. The molecule has 92 valence electrons. The van der Waals surface area contributed by atoms with E-state index in [-0.39, 0.29) is 5.60 Å². The Bertz CT molecular complexity index is 422. The maximum Gasteiger partial charge on any atom is 0.122 e. The second kappa shape index (κ2) is 4.90. The molecule has 0 aromatic heterocycles. The van der Waals surface area contributed by atoms with Gasteiger partial charge in [-0.1, -0.05) is 18.2 Å². The van der Waals surface area contributed by atoms with Crippen molar-refractivity contribution in [1.29, 1.82) is 0 Å². The lowest BCUT2D eigenvalue weighted by atomic mass is 10.0. The number of aromatic hydroxyl groups is 1. The number of hydrogen-bond acceptors (Lipinski definition) is 3. The molecular formula is C14H19NO2. The number of rotatable bonds is 5. The Morgan fingerprint density at radius 2 is 2.29 bits per heavy atom. The molecule has 2 rings (SSSR count). The molecule has 1 aliphatic rings. The first kappa shape index (κ1) is 12.1. The van der Waals surface area contributed by atoms with Gasteiger partial charge in [0.15, 0.2) is 0 Å². The molecule has 0 aliphatic carbocycles. The van der Waals surface area contributed by atoms with Crippen molar-refractivity contribution in [3.8, 4) is 5.75 Å². The largest absolute Gasteiger partial charge is 0.507 e. The van der Waals surface area contributed by atoms with Crippen LogP contribution in [0.1, 0.15) is 18.1 Å². The average molecular weight is 233 g/mol. The van der Waals surface area contributed by atoms with E-state index >= 15 is 0 Å². The van der Waals surface area contributed by atoms with Gasteiger partial charge >= 0.3 is 0 Å². The van der Waals surface area contributed by atoms with Gasteiger partial charge in [-0.2, -0.15) is 0 Å². The van der Waals surface area contributed by atoms with E-state index in [0.29, 0.717) is 5.75 Å². The molecule has 0 spiro atoms. The SMILES string of the molecule is CNCCc1ccc(O)c(/C=C\[C@]2(C)CO2)c1. The summed E-state index contributed by atoms with van der Waals surface area (Å²) < 4.78 is 5.27. The quantitative estimate of drug-likeness (QED) is 0.764. The highest BCUT2D eigenvalue weighted by molar-refractivity contribution is 5.59. The van der Waals surface area contributed by atoms with Gasteiger partial charge in [-0.15, -0.1) is 0 Å². The molecule has 0 amide bonds. The minimum Gasteiger partial charge on any atom is -0.507 e. The van der Waals surface area contributed by atoms with Crippen molar-refractivity contribution in [3.05, 3.63) is 35.4 Å². The smallest absolute Gasteiger partial charge is 0.122 e. The first-order valence-electron chi connectivity index (χ1n) is 5.93. The molecular weight excluding hydrogens is 214 g/mol. The molecule has 0 unspecified atom stereocenters. The Kier molecular flexibility index (Phi) is 3.50. The van der Waals surface area contributed by atoms with Crippen molar-refractivity contribution in [3.63, 3.8) is 0 Å². The van der Waals surface area contributed by atoms with Crippen molar-refractivity contribution in [2.24, 2.45) is 0 Å². The van der Waals surface area contributed by atoms with Crippen LogP contribution < -0.4 is 5.32 Å². The number of phenolic OH excluding ortho intramolecular Hbond substituents is 1. The summed E-state index contributed by atoms with van der Waals surface area (Å²) in [6, 6.07) is 5.73. The molecule has 1 aromatic carbocycles. The number of ether oxygens (including phenoxy) is 1. The summed E-state index contributed by atoms with van der Waals surface area (Å²) in [6.07, 6.45) is 4.90.